The Morgan fingerprint density at radius 3 is 2.00 bits per heavy atom. The van der Waals surface area contributed by atoms with E-state index < -0.39 is 20.0 Å². The molecule has 3 rings (SSSR count). The molecule has 5 nitrogen and oxygen atoms in total. The molecule has 0 spiro atoms. The van der Waals surface area contributed by atoms with Crippen LogP contribution in [-0.4, -0.2) is 38.7 Å². The lowest BCUT2D eigenvalue weighted by atomic mass is 9.82. The largest absolute Gasteiger partial charge is 0.438 e. The molecule has 2 aromatic carbocycles. The quantitative estimate of drug-likeness (QED) is 0.595. The fourth-order valence-electron chi connectivity index (χ4n) is 5.18. The lowest BCUT2D eigenvalue weighted by molar-refractivity contribution is -0.0572. The molecule has 1 saturated heterocycles. The molecule has 1 aliphatic heterocycles. The molecule has 174 valence electrons. The van der Waals surface area contributed by atoms with Crippen LogP contribution in [0.1, 0.15) is 48.0 Å². The number of carbonyl (C=O) groups is 1. The summed E-state index contributed by atoms with van der Waals surface area (Å²) in [6.07, 6.45) is 0.0121. The molecule has 1 amide bonds. The lowest BCUT2D eigenvalue weighted by Crippen LogP contribution is -2.70. The van der Waals surface area contributed by atoms with Gasteiger partial charge in [0.1, 0.15) is 0 Å². The maximum Gasteiger partial charge on any atom is 0.408 e. The third kappa shape index (κ3) is 4.23. The van der Waals surface area contributed by atoms with Gasteiger partial charge in [-0.2, -0.15) is 0 Å². The van der Waals surface area contributed by atoms with Gasteiger partial charge in [-0.1, -0.05) is 95.3 Å². The standard InChI is InChI=1S/C26H38N2O3Si/c1-7-22(26(6)23(19(2)18-27)28-24(29)30-26)31-32(25(3,4)5,20-14-10-8-11-15-20)21-16-12-9-13-17-21/h8-17,19,22-23H,7,18,27H2,1-6H3,(H,28,29)/t19-,22+,23+,26+/m0/s1. The molecule has 3 N–H and O–H groups in total. The number of ether oxygens (including phenoxy) is 1. The summed E-state index contributed by atoms with van der Waals surface area (Å²) in [7, 11) is -2.79. The van der Waals surface area contributed by atoms with E-state index in [-0.39, 0.29) is 23.1 Å². The van der Waals surface area contributed by atoms with Gasteiger partial charge in [-0.05, 0) is 41.2 Å². The molecule has 0 radical (unpaired) electrons. The van der Waals surface area contributed by atoms with Crippen LogP contribution in [0.2, 0.25) is 5.04 Å². The number of carbonyl (C=O) groups excluding carboxylic acids is 1. The van der Waals surface area contributed by atoms with Gasteiger partial charge in [0.15, 0.2) is 5.60 Å². The van der Waals surface area contributed by atoms with Crippen LogP contribution in [-0.2, 0) is 9.16 Å². The topological polar surface area (TPSA) is 73.6 Å². The van der Waals surface area contributed by atoms with Crippen LogP contribution in [0.15, 0.2) is 60.7 Å². The minimum Gasteiger partial charge on any atom is -0.438 e. The van der Waals surface area contributed by atoms with E-state index >= 15 is 0 Å². The summed E-state index contributed by atoms with van der Waals surface area (Å²) in [5.74, 6) is 0.0586. The minimum absolute atomic E-state index is 0.0586. The number of nitrogens with two attached hydrogens (primary N) is 1. The van der Waals surface area contributed by atoms with Gasteiger partial charge in [0.2, 0.25) is 0 Å². The van der Waals surface area contributed by atoms with Gasteiger partial charge in [0.05, 0.1) is 12.1 Å². The number of amides is 1. The zero-order valence-corrected chi connectivity index (χ0v) is 21.2. The summed E-state index contributed by atoms with van der Waals surface area (Å²) < 4.78 is 13.3. The monoisotopic (exact) mass is 454 g/mol. The van der Waals surface area contributed by atoms with Gasteiger partial charge in [0, 0.05) is 0 Å². The third-order valence-corrected chi connectivity index (χ3v) is 11.9. The Bertz CT molecular complexity index is 861. The van der Waals surface area contributed by atoms with Crippen LogP contribution in [0, 0.1) is 5.92 Å². The molecule has 0 aliphatic carbocycles. The average molecular weight is 455 g/mol. The Hall–Kier alpha value is -2.15. The van der Waals surface area contributed by atoms with Gasteiger partial charge >= 0.3 is 6.09 Å². The normalized spacial score (nSPS) is 23.3. The summed E-state index contributed by atoms with van der Waals surface area (Å²) in [5, 5.41) is 5.27. The van der Waals surface area contributed by atoms with Crippen molar-refractivity contribution in [3.8, 4) is 0 Å². The highest BCUT2D eigenvalue weighted by Gasteiger charge is 2.58. The SMILES string of the molecule is CC[C@@H](O[Si](c1ccccc1)(c1ccccc1)C(C)(C)C)[C@@]1(C)OC(=O)N[C@@H]1[C@@H](C)CN. The summed E-state index contributed by atoms with van der Waals surface area (Å²) in [4.78, 5) is 12.4. The Balaban J connectivity index is 2.19. The van der Waals surface area contributed by atoms with Gasteiger partial charge in [-0.3, -0.25) is 0 Å². The molecule has 0 aromatic heterocycles. The van der Waals surface area contributed by atoms with Gasteiger partial charge in [-0.25, -0.2) is 4.79 Å². The van der Waals surface area contributed by atoms with Crippen molar-refractivity contribution in [1.29, 1.82) is 0 Å². The van der Waals surface area contributed by atoms with Crippen LogP contribution in [0.3, 0.4) is 0 Å². The zero-order valence-electron chi connectivity index (χ0n) is 20.2. The molecule has 32 heavy (non-hydrogen) atoms. The van der Waals surface area contributed by atoms with Crippen LogP contribution < -0.4 is 21.4 Å². The molecule has 1 heterocycles. The second kappa shape index (κ2) is 9.38. The summed E-state index contributed by atoms with van der Waals surface area (Å²) >= 11 is 0. The van der Waals surface area contributed by atoms with Crippen LogP contribution in [0.25, 0.3) is 0 Å². The predicted octanol–water partition coefficient (Wildman–Crippen LogP) is 3.80. The molecule has 0 saturated carbocycles. The first kappa shape index (κ1) is 24.5. The van der Waals surface area contributed by atoms with Crippen molar-refractivity contribution >= 4 is 24.8 Å². The number of hydrogen-bond donors (Lipinski definition) is 2. The highest BCUT2D eigenvalue weighted by molar-refractivity contribution is 6.99. The highest BCUT2D eigenvalue weighted by Crippen LogP contribution is 2.42. The zero-order chi connectivity index (χ0) is 23.6. The van der Waals surface area contributed by atoms with E-state index in [2.05, 4.69) is 81.5 Å². The molecular weight excluding hydrogens is 416 g/mol. The number of benzene rings is 2. The molecule has 0 bridgehead atoms. The maximum absolute atomic E-state index is 12.4. The molecule has 2 aromatic rings. The van der Waals surface area contributed by atoms with Crippen molar-refractivity contribution in [1.82, 2.24) is 5.32 Å². The molecule has 6 heteroatoms. The van der Waals surface area contributed by atoms with E-state index in [1.54, 1.807) is 0 Å². The first-order chi connectivity index (χ1) is 15.1. The highest BCUT2D eigenvalue weighted by atomic mass is 28.4. The molecular formula is C26H38N2O3Si. The third-order valence-electron chi connectivity index (χ3n) is 6.89. The fourth-order valence-corrected chi connectivity index (χ4v) is 10.0. The van der Waals surface area contributed by atoms with E-state index in [4.69, 9.17) is 14.9 Å². The van der Waals surface area contributed by atoms with E-state index in [9.17, 15) is 4.79 Å². The number of hydrogen-bond acceptors (Lipinski definition) is 4. The smallest absolute Gasteiger partial charge is 0.408 e. The van der Waals surface area contributed by atoms with Gasteiger partial charge < -0.3 is 20.2 Å². The van der Waals surface area contributed by atoms with Crippen LogP contribution in [0.5, 0.6) is 0 Å². The Labute approximate surface area is 193 Å². The van der Waals surface area contributed by atoms with Gasteiger partial charge in [-0.15, -0.1) is 0 Å². The summed E-state index contributed by atoms with van der Waals surface area (Å²) in [5.41, 5.74) is 5.18. The molecule has 4 atom stereocenters. The van der Waals surface area contributed by atoms with E-state index in [1.165, 1.54) is 10.4 Å². The molecule has 1 fully saturated rings. The number of cyclic esters (lactones) is 1. The summed E-state index contributed by atoms with van der Waals surface area (Å²) in [6, 6.07) is 20.9. The predicted molar refractivity (Wildman–Crippen MR) is 133 cm³/mol. The van der Waals surface area contributed by atoms with Crippen molar-refractivity contribution < 1.29 is 14.0 Å². The second-order valence-corrected chi connectivity index (χ2v) is 14.3. The molecule has 1 aliphatic rings. The number of rotatable bonds is 8. The Morgan fingerprint density at radius 2 is 1.59 bits per heavy atom. The average Bonchev–Trinajstić information content (AvgIpc) is 3.09. The van der Waals surface area contributed by atoms with Crippen molar-refractivity contribution in [2.45, 2.75) is 70.7 Å². The first-order valence-corrected chi connectivity index (χ1v) is 13.5. The van der Waals surface area contributed by atoms with Crippen molar-refractivity contribution in [2.75, 3.05) is 6.54 Å². The minimum atomic E-state index is -2.79. The fraction of sp³-hybridized carbons (Fsp3) is 0.500. The number of nitrogens with one attached hydrogen (secondary N) is 1. The van der Waals surface area contributed by atoms with E-state index in [1.807, 2.05) is 26.0 Å². The lowest BCUT2D eigenvalue weighted by Gasteiger charge is -2.48. The van der Waals surface area contributed by atoms with Crippen molar-refractivity contribution in [3.63, 3.8) is 0 Å². The first-order valence-electron chi connectivity index (χ1n) is 11.6. The number of alkyl carbamates (subject to hydrolysis) is 1. The Kier molecular flexibility index (Phi) is 7.17. The Morgan fingerprint density at radius 1 is 1.09 bits per heavy atom. The maximum atomic E-state index is 12.4. The molecule has 0 unspecified atom stereocenters. The summed E-state index contributed by atoms with van der Waals surface area (Å²) in [6.45, 7) is 13.4. The van der Waals surface area contributed by atoms with Gasteiger partial charge in [0.25, 0.3) is 8.32 Å². The van der Waals surface area contributed by atoms with Crippen LogP contribution in [0.4, 0.5) is 4.79 Å². The van der Waals surface area contributed by atoms with E-state index in [0.717, 1.165) is 0 Å². The second-order valence-electron chi connectivity index (χ2n) is 10.1. The van der Waals surface area contributed by atoms with Crippen LogP contribution >= 0.6 is 0 Å². The van der Waals surface area contributed by atoms with Crippen molar-refractivity contribution in [2.24, 2.45) is 11.7 Å². The van der Waals surface area contributed by atoms with Crippen molar-refractivity contribution in [3.05, 3.63) is 60.7 Å². The van der Waals surface area contributed by atoms with E-state index in [0.29, 0.717) is 13.0 Å².